The van der Waals surface area contributed by atoms with E-state index in [-0.39, 0.29) is 38.9 Å². The fourth-order valence-corrected chi connectivity index (χ4v) is 6.41. The standard InChI is InChI=1S/C48H52N2O22/c1-32(34-13-14-38-27-40(18-16-36(38)25-34)72-43(53)9-5-3-7-21-70-50(61)62)48(58)68-31-47(57)67-29-45(55)64-23-22-63-44(54)28-66-46(56)30-65-41(51)19-11-33-10-12-37-26-39(17-15-35(37)24-33)71-42(52)8-4-2-6-20-69-49(59)60/h10,12-18,24-27,32H,2-9,11,19-23,28-31H2,1H3. The number of carbonyl (C=O) groups is 8. The van der Waals surface area contributed by atoms with Gasteiger partial charge in [-0.15, -0.1) is 20.2 Å². The lowest BCUT2D eigenvalue weighted by Gasteiger charge is -2.13. The highest BCUT2D eigenvalue weighted by Crippen LogP contribution is 2.27. The third-order valence-electron chi connectivity index (χ3n) is 10.1. The number of carbonyl (C=O) groups excluding carboxylic acids is 8. The molecule has 0 aliphatic carbocycles. The zero-order valence-electron chi connectivity index (χ0n) is 39.1. The molecule has 4 aromatic rings. The summed E-state index contributed by atoms with van der Waals surface area (Å²) in [6.07, 6.45) is 3.43. The van der Waals surface area contributed by atoms with Crippen LogP contribution in [0, 0.1) is 20.2 Å². The van der Waals surface area contributed by atoms with E-state index in [1.165, 1.54) is 0 Å². The Balaban J connectivity index is 1.01. The van der Waals surface area contributed by atoms with Gasteiger partial charge >= 0.3 is 47.8 Å². The zero-order valence-corrected chi connectivity index (χ0v) is 39.1. The van der Waals surface area contributed by atoms with Gasteiger partial charge in [0.2, 0.25) is 0 Å². The summed E-state index contributed by atoms with van der Waals surface area (Å²) in [7, 11) is 0. The van der Waals surface area contributed by atoms with Gasteiger partial charge in [-0.05, 0) is 96.0 Å². The molecule has 24 nitrogen and oxygen atoms in total. The summed E-state index contributed by atoms with van der Waals surface area (Å²) in [6.45, 7) is -2.58. The molecule has 0 N–H and O–H groups in total. The molecule has 0 amide bonds. The van der Waals surface area contributed by atoms with Gasteiger partial charge < -0.3 is 47.6 Å². The van der Waals surface area contributed by atoms with Crippen molar-refractivity contribution in [2.24, 2.45) is 0 Å². The third-order valence-corrected chi connectivity index (χ3v) is 10.1. The van der Waals surface area contributed by atoms with Crippen molar-refractivity contribution in [2.45, 2.75) is 77.0 Å². The molecule has 0 aliphatic rings. The Morgan fingerprint density at radius 1 is 0.444 bits per heavy atom. The number of ether oxygens (including phenoxy) is 8. The predicted molar refractivity (Wildman–Crippen MR) is 244 cm³/mol. The van der Waals surface area contributed by atoms with Crippen molar-refractivity contribution >= 4 is 69.3 Å². The summed E-state index contributed by atoms with van der Waals surface area (Å²) in [5.41, 5.74) is 1.36. The van der Waals surface area contributed by atoms with Crippen molar-refractivity contribution in [3.05, 3.63) is 104 Å². The van der Waals surface area contributed by atoms with Crippen molar-refractivity contribution in [2.75, 3.05) is 52.9 Å². The first kappa shape index (κ1) is 56.2. The lowest BCUT2D eigenvalue weighted by Crippen LogP contribution is -2.24. The number of unbranched alkanes of at least 4 members (excludes halogenated alkanes) is 4. The van der Waals surface area contributed by atoms with E-state index in [4.69, 9.17) is 37.9 Å². The zero-order chi connectivity index (χ0) is 52.3. The molecule has 0 heterocycles. The molecule has 0 aromatic heterocycles. The van der Waals surface area contributed by atoms with Gasteiger partial charge in [-0.3, -0.25) is 19.2 Å². The van der Waals surface area contributed by atoms with Crippen LogP contribution in [0.25, 0.3) is 21.5 Å². The van der Waals surface area contributed by atoms with E-state index in [9.17, 15) is 58.6 Å². The summed E-state index contributed by atoms with van der Waals surface area (Å²) in [6, 6.07) is 20.6. The minimum atomic E-state index is -1.03. The predicted octanol–water partition coefficient (Wildman–Crippen LogP) is 5.34. The van der Waals surface area contributed by atoms with Crippen molar-refractivity contribution in [1.82, 2.24) is 0 Å². The monoisotopic (exact) mass is 1010 g/mol. The van der Waals surface area contributed by atoms with Crippen LogP contribution in [-0.4, -0.2) is 111 Å². The highest BCUT2D eigenvalue weighted by molar-refractivity contribution is 5.89. The van der Waals surface area contributed by atoms with E-state index < -0.39 is 103 Å². The van der Waals surface area contributed by atoms with Gasteiger partial charge in [-0.2, -0.15) is 0 Å². The lowest BCUT2D eigenvalue weighted by molar-refractivity contribution is -0.757. The van der Waals surface area contributed by atoms with E-state index in [1.807, 2.05) is 6.07 Å². The Bertz CT molecular complexity index is 2560. The molecule has 0 saturated heterocycles. The van der Waals surface area contributed by atoms with Gasteiger partial charge in [-0.1, -0.05) is 61.4 Å². The number of nitrogens with zero attached hydrogens (tertiary/aromatic N) is 2. The molecule has 1 unspecified atom stereocenters. The summed E-state index contributed by atoms with van der Waals surface area (Å²) in [5, 5.41) is 21.7. The van der Waals surface area contributed by atoms with Crippen LogP contribution in [0.2, 0.25) is 0 Å². The quantitative estimate of drug-likeness (QED) is 0.0149. The van der Waals surface area contributed by atoms with Gasteiger partial charge in [-0.25, -0.2) is 19.2 Å². The lowest BCUT2D eigenvalue weighted by atomic mass is 9.98. The van der Waals surface area contributed by atoms with Gasteiger partial charge in [0.15, 0.2) is 26.4 Å². The highest BCUT2D eigenvalue weighted by Gasteiger charge is 2.20. The number of benzene rings is 4. The Kier molecular flexibility index (Phi) is 23.6. The van der Waals surface area contributed by atoms with Crippen LogP contribution in [0.15, 0.2) is 72.8 Å². The molecule has 0 radical (unpaired) electrons. The molecule has 1 atom stereocenters. The summed E-state index contributed by atoms with van der Waals surface area (Å²) in [4.78, 5) is 126. The number of rotatable bonds is 32. The molecular weight excluding hydrogens is 957 g/mol. The average Bonchev–Trinajstić information content (AvgIpc) is 3.35. The van der Waals surface area contributed by atoms with E-state index in [0.717, 1.165) is 27.1 Å². The van der Waals surface area contributed by atoms with E-state index in [0.29, 0.717) is 55.6 Å². The fraction of sp³-hybridized carbons (Fsp3) is 0.417. The molecular formula is C48H52N2O22. The molecule has 0 spiro atoms. The second kappa shape index (κ2) is 30.2. The highest BCUT2D eigenvalue weighted by atomic mass is 17.0. The SMILES string of the molecule is CC(C(=O)OCC(=O)OCC(=O)OCCOC(=O)COC(=O)COC(=O)CCc1ccc2cc(OC(=O)CCCCCO[N+](=O)[O-])ccc2c1)c1ccc2cc(OC(=O)CCCCCO[N+](=O)[O-])ccc2c1. The molecule has 4 rings (SSSR count). The van der Waals surface area contributed by atoms with Gasteiger partial charge in [0.05, 0.1) is 19.1 Å². The van der Waals surface area contributed by atoms with Crippen LogP contribution in [0.5, 0.6) is 11.5 Å². The third kappa shape index (κ3) is 21.9. The molecule has 0 fully saturated rings. The van der Waals surface area contributed by atoms with Gasteiger partial charge in [0.25, 0.3) is 10.2 Å². The molecule has 4 aromatic carbocycles. The number of aryl methyl sites for hydroxylation is 1. The Labute approximate surface area is 410 Å². The Morgan fingerprint density at radius 3 is 1.39 bits per heavy atom. The first-order valence-electron chi connectivity index (χ1n) is 22.5. The first-order valence-corrected chi connectivity index (χ1v) is 22.5. The van der Waals surface area contributed by atoms with E-state index in [1.54, 1.807) is 73.7 Å². The molecule has 386 valence electrons. The minimum Gasteiger partial charge on any atom is -0.460 e. The Hall–Kier alpha value is -8.44. The van der Waals surface area contributed by atoms with Gasteiger partial charge in [0.1, 0.15) is 24.7 Å². The smallest absolute Gasteiger partial charge is 0.344 e. The van der Waals surface area contributed by atoms with Crippen molar-refractivity contribution in [3.8, 4) is 11.5 Å². The largest absolute Gasteiger partial charge is 0.460 e. The normalized spacial score (nSPS) is 11.1. The number of esters is 8. The first-order chi connectivity index (χ1) is 34.5. The fourth-order valence-electron chi connectivity index (χ4n) is 6.41. The molecule has 0 aliphatic heterocycles. The Morgan fingerprint density at radius 2 is 0.875 bits per heavy atom. The maximum Gasteiger partial charge on any atom is 0.344 e. The molecule has 24 heteroatoms. The van der Waals surface area contributed by atoms with Crippen LogP contribution >= 0.6 is 0 Å². The van der Waals surface area contributed by atoms with Crippen molar-refractivity contribution in [1.29, 1.82) is 0 Å². The maximum atomic E-state index is 12.7. The molecule has 0 saturated carbocycles. The number of hydrogen-bond acceptors (Lipinski definition) is 22. The molecule has 72 heavy (non-hydrogen) atoms. The van der Waals surface area contributed by atoms with Crippen molar-refractivity contribution < 1.29 is 96.1 Å². The number of hydrogen-bond donors (Lipinski definition) is 0. The summed E-state index contributed by atoms with van der Waals surface area (Å²) in [5.74, 6) is -6.52. The summed E-state index contributed by atoms with van der Waals surface area (Å²) >= 11 is 0. The average molecular weight is 1010 g/mol. The van der Waals surface area contributed by atoms with Crippen LogP contribution in [0.1, 0.15) is 81.8 Å². The maximum absolute atomic E-state index is 12.7. The second-order valence-electron chi connectivity index (χ2n) is 15.5. The van der Waals surface area contributed by atoms with Crippen LogP contribution in [0.4, 0.5) is 0 Å². The number of fused-ring (bicyclic) bond motifs is 2. The van der Waals surface area contributed by atoms with Crippen molar-refractivity contribution in [3.63, 3.8) is 0 Å². The molecule has 0 bridgehead atoms. The van der Waals surface area contributed by atoms with Gasteiger partial charge in [0, 0.05) is 19.3 Å². The van der Waals surface area contributed by atoms with E-state index in [2.05, 4.69) is 9.68 Å². The van der Waals surface area contributed by atoms with Crippen LogP contribution in [-0.2, 0) is 82.9 Å². The summed E-state index contributed by atoms with van der Waals surface area (Å²) < 4.78 is 39.9. The second-order valence-corrected chi connectivity index (χ2v) is 15.5. The van der Waals surface area contributed by atoms with Crippen LogP contribution in [0.3, 0.4) is 0 Å². The van der Waals surface area contributed by atoms with Crippen LogP contribution < -0.4 is 9.47 Å². The topological polar surface area (TPSA) is 315 Å². The van der Waals surface area contributed by atoms with E-state index >= 15 is 0 Å². The minimum absolute atomic E-state index is 0.0341.